The summed E-state index contributed by atoms with van der Waals surface area (Å²) in [6.07, 6.45) is 3.43. The quantitative estimate of drug-likeness (QED) is 0.675. The van der Waals surface area contributed by atoms with Crippen molar-refractivity contribution in [3.05, 3.63) is 0 Å². The summed E-state index contributed by atoms with van der Waals surface area (Å²) in [4.78, 5) is 11.6. The molecule has 0 aromatic rings. The van der Waals surface area contributed by atoms with Crippen molar-refractivity contribution >= 4 is 5.91 Å². The van der Waals surface area contributed by atoms with E-state index in [4.69, 9.17) is 15.2 Å². The van der Waals surface area contributed by atoms with Crippen LogP contribution in [0.25, 0.3) is 0 Å². The van der Waals surface area contributed by atoms with Crippen LogP contribution in [0.3, 0.4) is 0 Å². The molecule has 5 nitrogen and oxygen atoms in total. The van der Waals surface area contributed by atoms with E-state index in [-0.39, 0.29) is 18.1 Å². The Balaban J connectivity index is 2.09. The summed E-state index contributed by atoms with van der Waals surface area (Å²) in [6, 6.07) is -0.0161. The van der Waals surface area contributed by atoms with Gasteiger partial charge in [0.15, 0.2) is 0 Å². The predicted molar refractivity (Wildman–Crippen MR) is 61.1 cm³/mol. The summed E-state index contributed by atoms with van der Waals surface area (Å²) in [5.41, 5.74) is 5.74. The Labute approximate surface area is 96.7 Å². The standard InChI is InChI=1S/C11H22N2O3/c1-15-8-9(12)5-6-13-11(14)10-4-2-3-7-16-10/h9-10H,2-8,12H2,1H3,(H,13,14). The van der Waals surface area contributed by atoms with Crippen LogP contribution in [0.15, 0.2) is 0 Å². The van der Waals surface area contributed by atoms with Crippen LogP contribution in [0.1, 0.15) is 25.7 Å². The molecule has 1 aliphatic rings. The molecule has 5 heteroatoms. The molecule has 1 fully saturated rings. The maximum Gasteiger partial charge on any atom is 0.249 e. The molecule has 2 unspecified atom stereocenters. The summed E-state index contributed by atoms with van der Waals surface area (Å²) >= 11 is 0. The minimum atomic E-state index is -0.257. The molecule has 0 radical (unpaired) electrons. The Hall–Kier alpha value is -0.650. The fourth-order valence-electron chi connectivity index (χ4n) is 1.74. The number of methoxy groups -OCH3 is 1. The van der Waals surface area contributed by atoms with Gasteiger partial charge in [-0.25, -0.2) is 0 Å². The highest BCUT2D eigenvalue weighted by Crippen LogP contribution is 2.12. The number of nitrogens with one attached hydrogen (secondary N) is 1. The van der Waals surface area contributed by atoms with Crippen LogP contribution in [0, 0.1) is 0 Å². The molecular formula is C11H22N2O3. The van der Waals surface area contributed by atoms with Crippen LogP contribution in [0.4, 0.5) is 0 Å². The van der Waals surface area contributed by atoms with Gasteiger partial charge in [-0.05, 0) is 25.7 Å². The molecule has 0 spiro atoms. The second-order valence-corrected chi connectivity index (χ2v) is 4.15. The summed E-state index contributed by atoms with van der Waals surface area (Å²) in [5, 5.41) is 2.84. The van der Waals surface area contributed by atoms with E-state index < -0.39 is 0 Å². The van der Waals surface area contributed by atoms with Crippen molar-refractivity contribution in [2.75, 3.05) is 26.9 Å². The summed E-state index contributed by atoms with van der Waals surface area (Å²) < 4.78 is 10.3. The van der Waals surface area contributed by atoms with Gasteiger partial charge in [0.05, 0.1) is 6.61 Å². The van der Waals surface area contributed by atoms with E-state index in [1.807, 2.05) is 0 Å². The van der Waals surface area contributed by atoms with Crippen LogP contribution in [0.2, 0.25) is 0 Å². The molecule has 0 aromatic heterocycles. The first-order chi connectivity index (χ1) is 7.74. The van der Waals surface area contributed by atoms with Crippen molar-refractivity contribution in [3.63, 3.8) is 0 Å². The highest BCUT2D eigenvalue weighted by Gasteiger charge is 2.21. The zero-order chi connectivity index (χ0) is 11.8. The fourth-order valence-corrected chi connectivity index (χ4v) is 1.74. The number of hydrogen-bond acceptors (Lipinski definition) is 4. The van der Waals surface area contributed by atoms with Gasteiger partial charge >= 0.3 is 0 Å². The molecule has 1 aliphatic heterocycles. The fraction of sp³-hybridized carbons (Fsp3) is 0.909. The highest BCUT2D eigenvalue weighted by atomic mass is 16.5. The summed E-state index contributed by atoms with van der Waals surface area (Å²) in [6.45, 7) is 1.81. The third-order valence-corrected chi connectivity index (χ3v) is 2.67. The Morgan fingerprint density at radius 3 is 3.06 bits per heavy atom. The van der Waals surface area contributed by atoms with Crippen molar-refractivity contribution in [2.24, 2.45) is 5.73 Å². The monoisotopic (exact) mass is 230 g/mol. The van der Waals surface area contributed by atoms with Crippen molar-refractivity contribution in [1.82, 2.24) is 5.32 Å². The van der Waals surface area contributed by atoms with Crippen LogP contribution in [-0.4, -0.2) is 44.9 Å². The van der Waals surface area contributed by atoms with Gasteiger partial charge in [-0.1, -0.05) is 0 Å². The Morgan fingerprint density at radius 2 is 2.44 bits per heavy atom. The van der Waals surface area contributed by atoms with E-state index in [0.29, 0.717) is 19.8 Å². The Kier molecular flexibility index (Phi) is 6.37. The minimum Gasteiger partial charge on any atom is -0.383 e. The Morgan fingerprint density at radius 1 is 1.62 bits per heavy atom. The lowest BCUT2D eigenvalue weighted by Gasteiger charge is -2.22. The molecule has 0 bridgehead atoms. The SMILES string of the molecule is COCC(N)CCNC(=O)C1CCCCO1. The van der Waals surface area contributed by atoms with Crippen molar-refractivity contribution < 1.29 is 14.3 Å². The molecule has 1 saturated heterocycles. The van der Waals surface area contributed by atoms with Gasteiger partial charge in [0.2, 0.25) is 5.91 Å². The van der Waals surface area contributed by atoms with Gasteiger partial charge in [0, 0.05) is 26.3 Å². The van der Waals surface area contributed by atoms with Gasteiger partial charge in [0.1, 0.15) is 6.10 Å². The lowest BCUT2D eigenvalue weighted by molar-refractivity contribution is -0.135. The third-order valence-electron chi connectivity index (χ3n) is 2.67. The molecule has 3 N–H and O–H groups in total. The van der Waals surface area contributed by atoms with Gasteiger partial charge in [-0.15, -0.1) is 0 Å². The molecule has 94 valence electrons. The maximum atomic E-state index is 11.6. The smallest absolute Gasteiger partial charge is 0.249 e. The molecule has 1 heterocycles. The van der Waals surface area contributed by atoms with Crippen LogP contribution >= 0.6 is 0 Å². The molecule has 0 saturated carbocycles. The maximum absolute atomic E-state index is 11.6. The number of carbonyl (C=O) groups excluding carboxylic acids is 1. The number of amides is 1. The minimum absolute atomic E-state index is 0.00989. The third kappa shape index (κ3) is 4.92. The van der Waals surface area contributed by atoms with Crippen LogP contribution in [-0.2, 0) is 14.3 Å². The number of rotatable bonds is 6. The average Bonchev–Trinajstić information content (AvgIpc) is 2.30. The average molecular weight is 230 g/mol. The molecule has 1 rings (SSSR count). The summed E-state index contributed by atoms with van der Waals surface area (Å²) in [7, 11) is 1.62. The lowest BCUT2D eigenvalue weighted by Crippen LogP contribution is -2.40. The number of carbonyl (C=O) groups is 1. The highest BCUT2D eigenvalue weighted by molar-refractivity contribution is 5.80. The first-order valence-electron chi connectivity index (χ1n) is 5.88. The summed E-state index contributed by atoms with van der Waals surface area (Å²) in [5.74, 6) is -0.00989. The number of nitrogens with two attached hydrogens (primary N) is 1. The van der Waals surface area contributed by atoms with Gasteiger partial charge in [-0.3, -0.25) is 4.79 Å². The Bertz CT molecular complexity index is 205. The van der Waals surface area contributed by atoms with Gasteiger partial charge in [0.25, 0.3) is 0 Å². The van der Waals surface area contributed by atoms with E-state index in [1.165, 1.54) is 0 Å². The van der Waals surface area contributed by atoms with E-state index in [9.17, 15) is 4.79 Å². The number of hydrogen-bond donors (Lipinski definition) is 2. The van der Waals surface area contributed by atoms with E-state index >= 15 is 0 Å². The van der Waals surface area contributed by atoms with E-state index in [2.05, 4.69) is 5.32 Å². The zero-order valence-electron chi connectivity index (χ0n) is 9.91. The number of ether oxygens (including phenoxy) is 2. The first kappa shape index (κ1) is 13.4. The predicted octanol–water partition coefficient (Wildman–Crippen LogP) is 0.0355. The van der Waals surface area contributed by atoms with Gasteiger partial charge < -0.3 is 20.5 Å². The molecule has 1 amide bonds. The van der Waals surface area contributed by atoms with Crippen molar-refractivity contribution in [1.29, 1.82) is 0 Å². The molecule has 0 aromatic carbocycles. The molecule has 0 aliphatic carbocycles. The molecule has 16 heavy (non-hydrogen) atoms. The van der Waals surface area contributed by atoms with Crippen LogP contribution in [0.5, 0.6) is 0 Å². The zero-order valence-corrected chi connectivity index (χ0v) is 9.91. The normalized spacial score (nSPS) is 22.8. The largest absolute Gasteiger partial charge is 0.383 e. The first-order valence-corrected chi connectivity index (χ1v) is 5.88. The van der Waals surface area contributed by atoms with Crippen molar-refractivity contribution in [2.45, 2.75) is 37.8 Å². The second-order valence-electron chi connectivity index (χ2n) is 4.15. The topological polar surface area (TPSA) is 73.6 Å². The molecule has 2 atom stereocenters. The van der Waals surface area contributed by atoms with E-state index in [0.717, 1.165) is 25.7 Å². The lowest BCUT2D eigenvalue weighted by atomic mass is 10.1. The second kappa shape index (κ2) is 7.60. The molecular weight excluding hydrogens is 208 g/mol. The van der Waals surface area contributed by atoms with Gasteiger partial charge in [-0.2, -0.15) is 0 Å². The van der Waals surface area contributed by atoms with Crippen LogP contribution < -0.4 is 11.1 Å². The van der Waals surface area contributed by atoms with E-state index in [1.54, 1.807) is 7.11 Å². The van der Waals surface area contributed by atoms with Crippen molar-refractivity contribution in [3.8, 4) is 0 Å².